The molecular weight excluding hydrogens is 485 g/mol. The number of carbonyl (C=O) groups excluding carboxylic acids is 2. The summed E-state index contributed by atoms with van der Waals surface area (Å²) in [6, 6.07) is 16.3. The lowest BCUT2D eigenvalue weighted by atomic mass is 10.2. The summed E-state index contributed by atoms with van der Waals surface area (Å²) < 4.78 is 10.8. The van der Waals surface area contributed by atoms with E-state index in [2.05, 4.69) is 10.5 Å². The molecule has 174 valence electrons. The fourth-order valence-electron chi connectivity index (χ4n) is 2.64. The molecule has 0 radical (unpaired) electrons. The fraction of sp³-hybridized carbons (Fsp3) is 0.0870. The average molecular weight is 502 g/mol. The summed E-state index contributed by atoms with van der Waals surface area (Å²) >= 11 is 11.9. The van der Waals surface area contributed by atoms with Crippen molar-refractivity contribution in [1.82, 2.24) is 5.43 Å². The standard InChI is InChI=1S/C23H17Cl2N3O6/c1-14(33-18-8-6-17(7-9-18)28(31)32)22(29)27-26-13-15-3-2-4-19(11-15)34-23(30)20-10-5-16(24)12-21(20)25/h2-14H,1H3,(H,27,29)/b26-13-/t14-/m1/s1. The first-order chi connectivity index (χ1) is 16.2. The molecule has 3 aromatic rings. The Hall–Kier alpha value is -3.95. The number of nitrogens with zero attached hydrogens (tertiary/aromatic N) is 2. The summed E-state index contributed by atoms with van der Waals surface area (Å²) in [6.07, 6.45) is 0.457. The SMILES string of the molecule is C[C@@H](Oc1ccc([N+](=O)[O-])cc1)C(=O)N/N=C\c1cccc(OC(=O)c2ccc(Cl)cc2Cl)c1. The van der Waals surface area contributed by atoms with E-state index >= 15 is 0 Å². The minimum Gasteiger partial charge on any atom is -0.481 e. The van der Waals surface area contributed by atoms with Gasteiger partial charge in [0.15, 0.2) is 6.10 Å². The highest BCUT2D eigenvalue weighted by Crippen LogP contribution is 2.23. The lowest BCUT2D eigenvalue weighted by Gasteiger charge is -2.12. The van der Waals surface area contributed by atoms with E-state index in [1.807, 2.05) is 0 Å². The molecule has 9 nitrogen and oxygen atoms in total. The van der Waals surface area contributed by atoms with Crippen molar-refractivity contribution in [3.8, 4) is 11.5 Å². The lowest BCUT2D eigenvalue weighted by Crippen LogP contribution is -2.33. The van der Waals surface area contributed by atoms with Gasteiger partial charge in [0.25, 0.3) is 11.6 Å². The van der Waals surface area contributed by atoms with Crippen molar-refractivity contribution in [3.05, 3.63) is 98.0 Å². The van der Waals surface area contributed by atoms with E-state index in [0.29, 0.717) is 16.3 Å². The second kappa shape index (κ2) is 11.3. The highest BCUT2D eigenvalue weighted by Gasteiger charge is 2.15. The van der Waals surface area contributed by atoms with Gasteiger partial charge in [-0.25, -0.2) is 10.2 Å². The summed E-state index contributed by atoms with van der Waals surface area (Å²) in [5.74, 6) is -0.635. The van der Waals surface area contributed by atoms with Crippen LogP contribution in [0.25, 0.3) is 0 Å². The highest BCUT2D eigenvalue weighted by molar-refractivity contribution is 6.36. The van der Waals surface area contributed by atoms with Gasteiger partial charge < -0.3 is 9.47 Å². The molecule has 0 heterocycles. The van der Waals surface area contributed by atoms with Crippen LogP contribution in [0.1, 0.15) is 22.8 Å². The van der Waals surface area contributed by atoms with Crippen LogP contribution in [-0.2, 0) is 4.79 Å². The normalized spacial score (nSPS) is 11.6. The molecule has 3 rings (SSSR count). The van der Waals surface area contributed by atoms with Gasteiger partial charge >= 0.3 is 5.97 Å². The van der Waals surface area contributed by atoms with Crippen molar-refractivity contribution in [2.24, 2.45) is 5.10 Å². The van der Waals surface area contributed by atoms with Crippen molar-refractivity contribution < 1.29 is 24.0 Å². The molecule has 0 aliphatic heterocycles. The van der Waals surface area contributed by atoms with E-state index < -0.39 is 22.9 Å². The first-order valence-corrected chi connectivity index (χ1v) is 10.5. The van der Waals surface area contributed by atoms with Crippen LogP contribution < -0.4 is 14.9 Å². The van der Waals surface area contributed by atoms with Crippen LogP contribution in [0.15, 0.2) is 71.8 Å². The predicted octanol–water partition coefficient (Wildman–Crippen LogP) is 5.04. The van der Waals surface area contributed by atoms with E-state index in [9.17, 15) is 19.7 Å². The molecule has 0 spiro atoms. The van der Waals surface area contributed by atoms with Gasteiger partial charge in [-0.3, -0.25) is 14.9 Å². The molecule has 1 amide bonds. The number of hydrogen-bond acceptors (Lipinski definition) is 7. The van der Waals surface area contributed by atoms with Gasteiger partial charge in [0.1, 0.15) is 11.5 Å². The number of esters is 1. The maximum Gasteiger partial charge on any atom is 0.345 e. The molecule has 0 aliphatic carbocycles. The lowest BCUT2D eigenvalue weighted by molar-refractivity contribution is -0.384. The van der Waals surface area contributed by atoms with Gasteiger partial charge in [-0.1, -0.05) is 35.3 Å². The summed E-state index contributed by atoms with van der Waals surface area (Å²) in [7, 11) is 0. The van der Waals surface area contributed by atoms with Crippen molar-refractivity contribution in [1.29, 1.82) is 0 Å². The molecular formula is C23H17Cl2N3O6. The van der Waals surface area contributed by atoms with E-state index in [1.165, 1.54) is 55.6 Å². The molecule has 0 aromatic heterocycles. The molecule has 0 unspecified atom stereocenters. The molecule has 1 N–H and O–H groups in total. The number of hydrazone groups is 1. The number of nitrogens with one attached hydrogen (secondary N) is 1. The zero-order valence-electron chi connectivity index (χ0n) is 17.6. The summed E-state index contributed by atoms with van der Waals surface area (Å²) in [5, 5.41) is 15.1. The summed E-state index contributed by atoms with van der Waals surface area (Å²) in [5.41, 5.74) is 2.97. The van der Waals surface area contributed by atoms with E-state index in [-0.39, 0.29) is 22.0 Å². The van der Waals surface area contributed by atoms with Gasteiger partial charge in [0.05, 0.1) is 21.7 Å². The van der Waals surface area contributed by atoms with E-state index in [0.717, 1.165) is 0 Å². The van der Waals surface area contributed by atoms with Crippen LogP contribution in [0.4, 0.5) is 5.69 Å². The first kappa shape index (κ1) is 24.7. The predicted molar refractivity (Wildman–Crippen MR) is 127 cm³/mol. The van der Waals surface area contributed by atoms with Crippen LogP contribution in [0, 0.1) is 10.1 Å². The van der Waals surface area contributed by atoms with Gasteiger partial charge in [-0.15, -0.1) is 0 Å². The van der Waals surface area contributed by atoms with Crippen molar-refractivity contribution in [2.75, 3.05) is 0 Å². The van der Waals surface area contributed by atoms with Gasteiger partial charge in [-0.2, -0.15) is 5.10 Å². The number of benzene rings is 3. The number of nitro benzene ring substituents is 1. The molecule has 3 aromatic carbocycles. The number of rotatable bonds is 8. The number of carbonyl (C=O) groups is 2. The van der Waals surface area contributed by atoms with Crippen molar-refractivity contribution in [3.63, 3.8) is 0 Å². The number of halogens is 2. The Morgan fingerprint density at radius 2 is 1.79 bits per heavy atom. The van der Waals surface area contributed by atoms with Crippen LogP contribution in [-0.4, -0.2) is 29.1 Å². The van der Waals surface area contributed by atoms with Gasteiger partial charge in [0.2, 0.25) is 0 Å². The Bertz CT molecular complexity index is 1250. The minimum atomic E-state index is -0.907. The highest BCUT2D eigenvalue weighted by atomic mass is 35.5. The van der Waals surface area contributed by atoms with Crippen LogP contribution in [0.5, 0.6) is 11.5 Å². The third-order valence-corrected chi connectivity index (χ3v) is 4.89. The molecule has 0 saturated heterocycles. The number of hydrogen-bond donors (Lipinski definition) is 1. The van der Waals surface area contributed by atoms with Gasteiger partial charge in [0, 0.05) is 17.2 Å². The second-order valence-corrected chi connectivity index (χ2v) is 7.68. The Balaban J connectivity index is 1.56. The maximum atomic E-state index is 12.4. The second-order valence-electron chi connectivity index (χ2n) is 6.83. The maximum absolute atomic E-state index is 12.4. The number of ether oxygens (including phenoxy) is 2. The Morgan fingerprint density at radius 3 is 2.47 bits per heavy atom. The summed E-state index contributed by atoms with van der Waals surface area (Å²) in [6.45, 7) is 1.51. The zero-order chi connectivity index (χ0) is 24.7. The monoisotopic (exact) mass is 501 g/mol. The minimum absolute atomic E-state index is 0.0850. The zero-order valence-corrected chi connectivity index (χ0v) is 19.1. The average Bonchev–Trinajstić information content (AvgIpc) is 2.79. The Morgan fingerprint density at radius 1 is 1.06 bits per heavy atom. The molecule has 34 heavy (non-hydrogen) atoms. The van der Waals surface area contributed by atoms with Gasteiger partial charge in [-0.05, 0) is 55.0 Å². The quantitative estimate of drug-likeness (QED) is 0.152. The van der Waals surface area contributed by atoms with Crippen LogP contribution in [0.3, 0.4) is 0 Å². The van der Waals surface area contributed by atoms with Crippen molar-refractivity contribution in [2.45, 2.75) is 13.0 Å². The fourth-order valence-corrected chi connectivity index (χ4v) is 3.13. The molecule has 0 fully saturated rings. The van der Waals surface area contributed by atoms with E-state index in [4.69, 9.17) is 32.7 Å². The van der Waals surface area contributed by atoms with Crippen LogP contribution in [0.2, 0.25) is 10.0 Å². The molecule has 11 heteroatoms. The largest absolute Gasteiger partial charge is 0.481 e. The Labute approximate surface area is 204 Å². The molecule has 1 atom stereocenters. The van der Waals surface area contributed by atoms with Crippen molar-refractivity contribution >= 4 is 47.0 Å². The third kappa shape index (κ3) is 6.77. The molecule has 0 aliphatic rings. The van der Waals surface area contributed by atoms with E-state index in [1.54, 1.807) is 24.3 Å². The number of nitro groups is 1. The number of non-ortho nitro benzene ring substituents is 1. The smallest absolute Gasteiger partial charge is 0.345 e. The van der Waals surface area contributed by atoms with Crippen LogP contribution >= 0.6 is 23.2 Å². The third-order valence-electron chi connectivity index (χ3n) is 4.34. The molecule has 0 saturated carbocycles. The topological polar surface area (TPSA) is 120 Å². The first-order valence-electron chi connectivity index (χ1n) is 9.74. The molecule has 0 bridgehead atoms. The summed E-state index contributed by atoms with van der Waals surface area (Å²) in [4.78, 5) is 34.7. The Kier molecular flexibility index (Phi) is 8.18. The number of amides is 1.